The topological polar surface area (TPSA) is 0 Å². The van der Waals surface area contributed by atoms with Crippen molar-refractivity contribution in [3.8, 4) is 0 Å². The maximum absolute atomic E-state index is 13.2. The number of rotatable bonds is 4. The first-order valence-corrected chi connectivity index (χ1v) is 65.2. The molecule has 0 fully saturated rings. The summed E-state index contributed by atoms with van der Waals surface area (Å²) < 4.78 is 13.2. The SMILES string of the molecule is FI(I)I(I)I(I)I(I)I(I)I. The Kier molecular flexibility index (Phi) is 19.3. The van der Waals surface area contributed by atoms with Crippen molar-refractivity contribution in [1.82, 2.24) is 0 Å². The predicted molar refractivity (Wildman–Crippen MR) is 155 cm³/mol. The molecular formula is FI11. The number of hydrogen-bond acceptors (Lipinski definition) is 0. The molecule has 0 spiro atoms. The van der Waals surface area contributed by atoms with Crippen molar-refractivity contribution < 1.29 is 2.86 Å². The molecule has 0 amide bonds. The summed E-state index contributed by atoms with van der Waals surface area (Å²) in [6.45, 7) is 0. The molecule has 0 N–H and O–H groups in total. The van der Waals surface area contributed by atoms with E-state index in [1.807, 2.05) is 0 Å². The molecule has 0 unspecified atom stereocenters. The quantitative estimate of drug-likeness (QED) is 0.246. The molecule has 0 aliphatic heterocycles. The summed E-state index contributed by atoms with van der Waals surface area (Å²) >= 11 is 13.8. The van der Waals surface area contributed by atoms with Crippen molar-refractivity contribution in [2.45, 2.75) is 0 Å². The van der Waals surface area contributed by atoms with Crippen LogP contribution in [0.1, 0.15) is 0 Å². The minimum atomic E-state index is -1.85. The van der Waals surface area contributed by atoms with Crippen molar-refractivity contribution in [3.63, 3.8) is 0 Å². The summed E-state index contributed by atoms with van der Waals surface area (Å²) in [7, 11) is -2.75. The van der Waals surface area contributed by atoms with E-state index in [1.54, 1.807) is 0 Å². The van der Waals surface area contributed by atoms with Crippen LogP contribution in [0, 0.1) is 0 Å². The fourth-order valence-corrected chi connectivity index (χ4v) is 1080. The zero-order valence-corrected chi connectivity index (χ0v) is 28.3. The van der Waals surface area contributed by atoms with Gasteiger partial charge in [0, 0.05) is 0 Å². The van der Waals surface area contributed by atoms with Crippen LogP contribution in [0.2, 0.25) is 0 Å². The molecule has 0 aromatic rings. The Hall–Kier alpha value is 7.96. The van der Waals surface area contributed by atoms with E-state index in [9.17, 15) is 2.86 Å². The summed E-state index contributed by atoms with van der Waals surface area (Å²) in [5.41, 5.74) is 0. The van der Waals surface area contributed by atoms with E-state index in [2.05, 4.69) is 112 Å². The van der Waals surface area contributed by atoms with Gasteiger partial charge in [-0.1, -0.05) is 0 Å². The molecular weight excluding hydrogens is 1410 g/mol. The second kappa shape index (κ2) is 11.6. The molecule has 84 valence electrons. The molecule has 0 rings (SSSR count). The molecule has 12 heteroatoms. The molecule has 0 aromatic carbocycles. The summed E-state index contributed by atoms with van der Waals surface area (Å²) in [6.07, 6.45) is 0. The van der Waals surface area contributed by atoms with E-state index in [1.165, 1.54) is 0 Å². The van der Waals surface area contributed by atoms with Crippen LogP contribution in [0.25, 0.3) is 0 Å². The van der Waals surface area contributed by atoms with Crippen LogP contribution in [-0.4, -0.2) is 0 Å². The van der Waals surface area contributed by atoms with Gasteiger partial charge >= 0.3 is 159 Å². The third kappa shape index (κ3) is 9.00. The Morgan fingerprint density at radius 1 is 0.667 bits per heavy atom. The second-order valence-corrected chi connectivity index (χ2v) is 217. The normalized spacial score (nSPS) is 16.8. The molecule has 0 nitrogen and oxygen atoms in total. The van der Waals surface area contributed by atoms with Crippen LogP contribution in [0.5, 0.6) is 0 Å². The van der Waals surface area contributed by atoms with Gasteiger partial charge < -0.3 is 0 Å². The molecule has 0 bridgehead atoms. The average Bonchev–Trinajstić information content (AvgIpc) is 2.00. The van der Waals surface area contributed by atoms with Crippen LogP contribution in [-0.2, 0) is 0 Å². The summed E-state index contributed by atoms with van der Waals surface area (Å²) in [5.74, 6) is 0. The fraction of sp³-hybridized carbons (Fsp3) is 0. The van der Waals surface area contributed by atoms with Crippen molar-refractivity contribution >= 4 is 156 Å². The second-order valence-electron chi connectivity index (χ2n) is 0.810. The van der Waals surface area contributed by atoms with Crippen molar-refractivity contribution in [2.75, 3.05) is 0 Å². The van der Waals surface area contributed by atoms with Crippen LogP contribution in [0.4, 0.5) is 2.86 Å². The monoisotopic (exact) mass is 1410 g/mol. The summed E-state index contributed by atoms with van der Waals surface area (Å²) in [5, 5.41) is 0. The van der Waals surface area contributed by atoms with Gasteiger partial charge in [-0.15, -0.1) is 0 Å². The Balaban J connectivity index is 4.08. The van der Waals surface area contributed by atoms with Crippen molar-refractivity contribution in [3.05, 3.63) is 0 Å². The van der Waals surface area contributed by atoms with Gasteiger partial charge in [-0.05, 0) is 0 Å². The van der Waals surface area contributed by atoms with E-state index in [-0.39, 0.29) is 0 Å². The third-order valence-corrected chi connectivity index (χ3v) is 591. The molecule has 0 aromatic heterocycles. The number of halogens is 12. The van der Waals surface area contributed by atoms with Gasteiger partial charge in [0.2, 0.25) is 0 Å². The number of hydrogen-bond donors (Lipinski definition) is 0. The van der Waals surface area contributed by atoms with Crippen LogP contribution in [0.15, 0.2) is 0 Å². The Labute approximate surface area is 151 Å². The van der Waals surface area contributed by atoms with Gasteiger partial charge in [-0.3, -0.25) is 0 Å². The van der Waals surface area contributed by atoms with E-state index in [0.717, 1.165) is 0 Å². The molecule has 12 heavy (non-hydrogen) atoms. The third-order valence-electron chi connectivity index (χ3n) is 0.327. The fourth-order valence-electron chi connectivity index (χ4n) is 0.0926. The Morgan fingerprint density at radius 3 is 1.33 bits per heavy atom. The predicted octanol–water partition coefficient (Wildman–Crippen LogP) is 10.2. The van der Waals surface area contributed by atoms with Gasteiger partial charge in [0.25, 0.3) is 0 Å². The standard InChI is InChI=1S/FI11/c1-8(2)10(5)12(7)11(6)9(3)4. The van der Waals surface area contributed by atoms with Crippen LogP contribution in [0.3, 0.4) is 0 Å². The summed E-state index contributed by atoms with van der Waals surface area (Å²) in [6, 6.07) is 0. The Bertz CT molecular complexity index is 104. The van der Waals surface area contributed by atoms with Gasteiger partial charge in [0.05, 0.1) is 0 Å². The zero-order chi connectivity index (χ0) is 9.89. The summed E-state index contributed by atoms with van der Waals surface area (Å²) in [4.78, 5) is 0. The minimum absolute atomic E-state index is 0.544. The molecule has 0 aliphatic rings. The molecule has 0 saturated carbocycles. The van der Waals surface area contributed by atoms with E-state index < -0.39 is 44.0 Å². The Morgan fingerprint density at radius 2 is 1.08 bits per heavy atom. The molecule has 0 aliphatic carbocycles. The van der Waals surface area contributed by atoms with Crippen molar-refractivity contribution in [1.29, 1.82) is 0 Å². The molecule has 0 radical (unpaired) electrons. The van der Waals surface area contributed by atoms with E-state index in [4.69, 9.17) is 0 Å². The van der Waals surface area contributed by atoms with Gasteiger partial charge in [0.15, 0.2) is 0 Å². The van der Waals surface area contributed by atoms with Gasteiger partial charge in [-0.25, -0.2) is 0 Å². The molecule has 0 saturated heterocycles. The van der Waals surface area contributed by atoms with Gasteiger partial charge in [-0.2, -0.15) is 0 Å². The maximum atomic E-state index is 13.2. The first-order chi connectivity index (χ1) is 5.37. The van der Waals surface area contributed by atoms with Crippen LogP contribution >= 0.6 is 156 Å². The molecule has 0 atom stereocenters. The van der Waals surface area contributed by atoms with Crippen molar-refractivity contribution in [2.24, 2.45) is 0 Å². The van der Waals surface area contributed by atoms with E-state index >= 15 is 0 Å². The van der Waals surface area contributed by atoms with Gasteiger partial charge in [0.1, 0.15) is 0 Å². The first kappa shape index (κ1) is 20.0. The molecule has 0 heterocycles. The average molecular weight is 1410 g/mol. The van der Waals surface area contributed by atoms with Crippen LogP contribution < -0.4 is 0 Å². The van der Waals surface area contributed by atoms with E-state index in [0.29, 0.717) is 0 Å². The first-order valence-electron chi connectivity index (χ1n) is 1.57. The zero-order valence-electron chi connectivity index (χ0n) is 4.54.